The molecule has 3 aromatic carbocycles. The van der Waals surface area contributed by atoms with Gasteiger partial charge in [-0.25, -0.2) is 0 Å². The lowest BCUT2D eigenvalue weighted by Gasteiger charge is -2.28. The van der Waals surface area contributed by atoms with Crippen molar-refractivity contribution in [3.05, 3.63) is 91.0 Å². The van der Waals surface area contributed by atoms with Crippen molar-refractivity contribution in [2.24, 2.45) is 5.92 Å². The van der Waals surface area contributed by atoms with Crippen molar-refractivity contribution < 1.29 is 9.90 Å². The first-order chi connectivity index (χ1) is 13.1. The molecule has 1 unspecified atom stereocenters. The van der Waals surface area contributed by atoms with Crippen molar-refractivity contribution in [2.75, 3.05) is 6.16 Å². The molecule has 0 aliphatic rings. The zero-order valence-electron chi connectivity index (χ0n) is 15.6. The highest BCUT2D eigenvalue weighted by atomic mass is 31.2. The Morgan fingerprint density at radius 2 is 1.15 bits per heavy atom. The van der Waals surface area contributed by atoms with Gasteiger partial charge in [0.1, 0.15) is 23.2 Å². The number of carbonyl (C=O) groups is 1. The molecule has 3 heteroatoms. The fourth-order valence-electron chi connectivity index (χ4n) is 3.68. The Hall–Kier alpha value is -2.44. The largest absolute Gasteiger partial charge is 0.550 e. The summed E-state index contributed by atoms with van der Waals surface area (Å²) in [5.74, 6) is -0.879. The number of hydrogen-bond acceptors (Lipinski definition) is 2. The van der Waals surface area contributed by atoms with E-state index in [1.807, 2.05) is 25.1 Å². The lowest BCUT2D eigenvalue weighted by Crippen LogP contribution is -2.34. The molecular weight excluding hydrogens is 351 g/mol. The molecule has 1 atom stereocenters. The van der Waals surface area contributed by atoms with Crippen LogP contribution in [0, 0.1) is 5.92 Å². The molecule has 3 rings (SSSR count). The number of benzene rings is 3. The van der Waals surface area contributed by atoms with Crippen LogP contribution < -0.4 is 21.0 Å². The van der Waals surface area contributed by atoms with Gasteiger partial charge in [-0.1, -0.05) is 61.5 Å². The topological polar surface area (TPSA) is 40.1 Å². The fraction of sp³-hybridized carbons (Fsp3) is 0.208. The average Bonchev–Trinajstić information content (AvgIpc) is 2.70. The van der Waals surface area contributed by atoms with E-state index in [9.17, 15) is 9.90 Å². The summed E-state index contributed by atoms with van der Waals surface area (Å²) in [5, 5.41) is 15.1. The van der Waals surface area contributed by atoms with Crippen molar-refractivity contribution in [1.29, 1.82) is 0 Å². The highest BCUT2D eigenvalue weighted by molar-refractivity contribution is 7.95. The van der Waals surface area contributed by atoms with Crippen LogP contribution in [-0.2, 0) is 4.79 Å². The Labute approximate surface area is 162 Å². The molecule has 0 aliphatic carbocycles. The molecule has 27 heavy (non-hydrogen) atoms. The summed E-state index contributed by atoms with van der Waals surface area (Å²) in [7, 11) is -1.86. The Bertz CT molecular complexity index is 751. The Morgan fingerprint density at radius 1 is 0.778 bits per heavy atom. The molecule has 0 radical (unpaired) electrons. The molecule has 0 saturated carbocycles. The van der Waals surface area contributed by atoms with Crippen LogP contribution in [0.4, 0.5) is 0 Å². The number of carboxylic acid groups (broad SMARTS) is 1. The van der Waals surface area contributed by atoms with Gasteiger partial charge in [0.2, 0.25) is 0 Å². The number of rotatable bonds is 8. The van der Waals surface area contributed by atoms with Gasteiger partial charge in [0, 0.05) is 5.97 Å². The normalized spacial score (nSPS) is 12.5. The minimum Gasteiger partial charge on any atom is -0.550 e. The van der Waals surface area contributed by atoms with Gasteiger partial charge in [0.25, 0.3) is 0 Å². The molecule has 0 N–H and O–H groups in total. The maximum atomic E-state index is 11.0. The van der Waals surface area contributed by atoms with Crippen LogP contribution in [0.25, 0.3) is 0 Å². The van der Waals surface area contributed by atoms with Gasteiger partial charge in [0.05, 0.1) is 6.16 Å². The summed E-state index contributed by atoms with van der Waals surface area (Å²) < 4.78 is 0. The quantitative estimate of drug-likeness (QED) is 0.567. The van der Waals surface area contributed by atoms with Crippen LogP contribution in [0.3, 0.4) is 0 Å². The molecule has 0 bridgehead atoms. The van der Waals surface area contributed by atoms with E-state index >= 15 is 0 Å². The van der Waals surface area contributed by atoms with Gasteiger partial charge in [-0.15, -0.1) is 0 Å². The van der Waals surface area contributed by atoms with E-state index in [1.54, 1.807) is 0 Å². The molecule has 2 nitrogen and oxygen atoms in total. The number of hydrogen-bond donors (Lipinski definition) is 0. The molecule has 138 valence electrons. The maximum Gasteiger partial charge on any atom is 0.112 e. The Kier molecular flexibility index (Phi) is 6.42. The third-order valence-corrected chi connectivity index (χ3v) is 9.53. The third-order valence-electron chi connectivity index (χ3n) is 5.06. The summed E-state index contributed by atoms with van der Waals surface area (Å²) in [6.07, 6.45) is 1.90. The number of carboxylic acids is 1. The number of aliphatic carboxylic acids is 1. The first-order valence-electron chi connectivity index (χ1n) is 9.37. The fourth-order valence-corrected chi connectivity index (χ4v) is 8.22. The van der Waals surface area contributed by atoms with Gasteiger partial charge in [-0.3, -0.25) is 0 Å². The Balaban J connectivity index is 2.12. The maximum absolute atomic E-state index is 11.0. The van der Waals surface area contributed by atoms with E-state index < -0.39 is 13.2 Å². The smallest absolute Gasteiger partial charge is 0.112 e. The van der Waals surface area contributed by atoms with Crippen LogP contribution in [0.1, 0.15) is 19.8 Å². The summed E-state index contributed by atoms with van der Waals surface area (Å²) in [5.41, 5.74) is 0. The lowest BCUT2D eigenvalue weighted by molar-refractivity contribution is -0.306. The monoisotopic (exact) mass is 376 g/mol. The van der Waals surface area contributed by atoms with Gasteiger partial charge in [-0.05, 0) is 55.2 Å². The highest BCUT2D eigenvalue weighted by Crippen LogP contribution is 2.56. The van der Waals surface area contributed by atoms with Crippen molar-refractivity contribution in [3.8, 4) is 0 Å². The van der Waals surface area contributed by atoms with E-state index in [2.05, 4.69) is 72.8 Å². The predicted octanol–water partition coefficient (Wildman–Crippen LogP) is 3.15. The number of carbonyl (C=O) groups excluding carboxylic acids is 1. The van der Waals surface area contributed by atoms with Crippen molar-refractivity contribution in [3.63, 3.8) is 0 Å². The molecular formula is C24H25O2P. The van der Waals surface area contributed by atoms with E-state index in [1.165, 1.54) is 15.9 Å². The first kappa shape index (κ1) is 19.3. The average molecular weight is 376 g/mol. The molecule has 0 amide bonds. The van der Waals surface area contributed by atoms with Crippen molar-refractivity contribution in [2.45, 2.75) is 19.8 Å². The van der Waals surface area contributed by atoms with Crippen LogP contribution in [0.2, 0.25) is 0 Å². The van der Waals surface area contributed by atoms with Gasteiger partial charge >= 0.3 is 0 Å². The lowest BCUT2D eigenvalue weighted by atomic mass is 10.1. The van der Waals surface area contributed by atoms with Gasteiger partial charge < -0.3 is 9.90 Å². The second-order valence-electron chi connectivity index (χ2n) is 7.01. The van der Waals surface area contributed by atoms with Crippen LogP contribution in [-0.4, -0.2) is 12.1 Å². The molecule has 0 saturated heterocycles. The molecule has 0 aromatic heterocycles. The van der Waals surface area contributed by atoms with Crippen LogP contribution in [0.15, 0.2) is 91.0 Å². The zero-order chi connectivity index (χ0) is 19.1. The highest BCUT2D eigenvalue weighted by Gasteiger charge is 2.44. The second-order valence-corrected chi connectivity index (χ2v) is 10.6. The molecule has 3 aromatic rings. The standard InChI is InChI=1S/C24H25O2P/c1-20(19-24(25)26)17-18-27(21-11-5-2-6-12-21,22-13-7-3-8-14-22)23-15-9-4-10-16-23/h2-16,20H,17-19H2,1H3. The second kappa shape index (κ2) is 8.97. The zero-order valence-corrected chi connectivity index (χ0v) is 16.5. The van der Waals surface area contributed by atoms with Gasteiger partial charge in [0.15, 0.2) is 0 Å². The van der Waals surface area contributed by atoms with Crippen molar-refractivity contribution >= 4 is 29.1 Å². The van der Waals surface area contributed by atoms with E-state index in [0.717, 1.165) is 12.6 Å². The SMILES string of the molecule is CC(CC[P+](c1ccccc1)(c1ccccc1)c1ccccc1)CC(=O)[O-]. The minimum absolute atomic E-state index is 0.0884. The molecule has 0 spiro atoms. The molecule has 0 heterocycles. The van der Waals surface area contributed by atoms with E-state index in [-0.39, 0.29) is 12.3 Å². The first-order valence-corrected chi connectivity index (χ1v) is 11.3. The minimum atomic E-state index is -1.86. The predicted molar refractivity (Wildman–Crippen MR) is 113 cm³/mol. The van der Waals surface area contributed by atoms with Gasteiger partial charge in [-0.2, -0.15) is 0 Å². The summed E-state index contributed by atoms with van der Waals surface area (Å²) in [6.45, 7) is 2.01. The van der Waals surface area contributed by atoms with E-state index in [4.69, 9.17) is 0 Å². The summed E-state index contributed by atoms with van der Waals surface area (Å²) in [4.78, 5) is 11.0. The summed E-state index contributed by atoms with van der Waals surface area (Å²) >= 11 is 0. The van der Waals surface area contributed by atoms with Crippen LogP contribution in [0.5, 0.6) is 0 Å². The third kappa shape index (κ3) is 4.46. The van der Waals surface area contributed by atoms with Crippen LogP contribution >= 0.6 is 7.26 Å². The summed E-state index contributed by atoms with van der Waals surface area (Å²) in [6, 6.07) is 32.0. The molecule has 0 fully saturated rings. The van der Waals surface area contributed by atoms with Crippen molar-refractivity contribution in [1.82, 2.24) is 0 Å². The molecule has 0 aliphatic heterocycles. The Morgan fingerprint density at radius 3 is 1.48 bits per heavy atom. The van der Waals surface area contributed by atoms with E-state index in [0.29, 0.717) is 0 Å².